The number of nitrogens with one attached hydrogen (secondary N) is 1. The molecule has 0 fully saturated rings. The highest BCUT2D eigenvalue weighted by Gasteiger charge is 2.18. The molecule has 1 aromatic rings. The molecule has 0 bridgehead atoms. The summed E-state index contributed by atoms with van der Waals surface area (Å²) < 4.78 is 11.2. The molecule has 1 unspecified atom stereocenters. The largest absolute Gasteiger partial charge is 0.489 e. The van der Waals surface area contributed by atoms with Crippen LogP contribution in [0.1, 0.15) is 18.0 Å². The first-order chi connectivity index (χ1) is 8.26. The van der Waals surface area contributed by atoms with Crippen LogP contribution in [0.2, 0.25) is 5.02 Å². The molecule has 1 aliphatic rings. The molecule has 1 atom stereocenters. The Morgan fingerprint density at radius 1 is 1.41 bits per heavy atom. The van der Waals surface area contributed by atoms with Crippen LogP contribution >= 0.6 is 11.6 Å². The van der Waals surface area contributed by atoms with Gasteiger partial charge in [-0.15, -0.1) is 0 Å². The molecule has 0 aliphatic carbocycles. The van der Waals surface area contributed by atoms with Gasteiger partial charge in [0.1, 0.15) is 0 Å². The lowest BCUT2D eigenvalue weighted by molar-refractivity contribution is 0.297. The van der Waals surface area contributed by atoms with Gasteiger partial charge in [0.15, 0.2) is 11.5 Å². The highest BCUT2D eigenvalue weighted by molar-refractivity contribution is 6.32. The minimum atomic E-state index is 0.0738. The van der Waals surface area contributed by atoms with Gasteiger partial charge in [-0.2, -0.15) is 0 Å². The summed E-state index contributed by atoms with van der Waals surface area (Å²) in [5.74, 6) is 1.35. The van der Waals surface area contributed by atoms with Gasteiger partial charge in [-0.05, 0) is 24.7 Å². The van der Waals surface area contributed by atoms with E-state index in [2.05, 4.69) is 5.32 Å². The zero-order chi connectivity index (χ0) is 12.3. The van der Waals surface area contributed by atoms with Crippen LogP contribution in [-0.4, -0.2) is 26.8 Å². The molecule has 4 nitrogen and oxygen atoms in total. The quantitative estimate of drug-likeness (QED) is 0.865. The smallest absolute Gasteiger partial charge is 0.179 e. The van der Waals surface area contributed by atoms with Crippen molar-refractivity contribution in [3.05, 3.63) is 22.7 Å². The van der Waals surface area contributed by atoms with Crippen molar-refractivity contribution in [2.75, 3.05) is 26.8 Å². The van der Waals surface area contributed by atoms with Gasteiger partial charge in [-0.1, -0.05) is 11.6 Å². The van der Waals surface area contributed by atoms with E-state index in [1.54, 1.807) is 0 Å². The predicted molar refractivity (Wildman–Crippen MR) is 67.9 cm³/mol. The van der Waals surface area contributed by atoms with E-state index in [4.69, 9.17) is 26.8 Å². The third kappa shape index (κ3) is 2.65. The summed E-state index contributed by atoms with van der Waals surface area (Å²) in [5.41, 5.74) is 6.71. The van der Waals surface area contributed by atoms with Gasteiger partial charge in [-0.25, -0.2) is 0 Å². The number of rotatable bonds is 3. The van der Waals surface area contributed by atoms with Crippen LogP contribution in [0, 0.1) is 0 Å². The molecule has 0 amide bonds. The second kappa shape index (κ2) is 5.58. The second-order valence-corrected chi connectivity index (χ2v) is 4.36. The summed E-state index contributed by atoms with van der Waals surface area (Å²) >= 11 is 6.20. The van der Waals surface area contributed by atoms with E-state index < -0.39 is 0 Å². The van der Waals surface area contributed by atoms with Crippen molar-refractivity contribution in [3.63, 3.8) is 0 Å². The Kier molecular flexibility index (Phi) is 4.10. The van der Waals surface area contributed by atoms with Crippen LogP contribution in [0.3, 0.4) is 0 Å². The molecule has 5 heteroatoms. The molecule has 0 aromatic heterocycles. The molecule has 1 heterocycles. The standard InChI is InChI=1S/C12H17ClN2O2/c1-15-10(7-14)8-5-9(13)12-11(6-8)16-3-2-4-17-12/h5-6,10,15H,2-4,7,14H2,1H3. The fraction of sp³-hybridized carbons (Fsp3) is 0.500. The number of ether oxygens (including phenoxy) is 2. The van der Waals surface area contributed by atoms with Gasteiger partial charge < -0.3 is 20.5 Å². The fourth-order valence-electron chi connectivity index (χ4n) is 1.87. The second-order valence-electron chi connectivity index (χ2n) is 3.96. The molecule has 2 rings (SSSR count). The third-order valence-corrected chi connectivity index (χ3v) is 3.09. The van der Waals surface area contributed by atoms with Crippen LogP contribution in [-0.2, 0) is 0 Å². The number of likely N-dealkylation sites (N-methyl/N-ethyl adjacent to an activating group) is 1. The summed E-state index contributed by atoms with van der Waals surface area (Å²) in [6.07, 6.45) is 0.868. The molecule has 94 valence electrons. The molecule has 0 spiro atoms. The maximum absolute atomic E-state index is 6.20. The van der Waals surface area contributed by atoms with E-state index in [1.807, 2.05) is 19.2 Å². The maximum Gasteiger partial charge on any atom is 0.179 e. The van der Waals surface area contributed by atoms with Crippen LogP contribution in [0.5, 0.6) is 11.5 Å². The summed E-state index contributed by atoms with van der Waals surface area (Å²) in [6.45, 7) is 1.80. The van der Waals surface area contributed by atoms with Gasteiger partial charge in [0.05, 0.1) is 18.2 Å². The van der Waals surface area contributed by atoms with Crippen molar-refractivity contribution in [1.29, 1.82) is 0 Å². The summed E-state index contributed by atoms with van der Waals surface area (Å²) in [4.78, 5) is 0. The molecular formula is C12H17ClN2O2. The topological polar surface area (TPSA) is 56.5 Å². The zero-order valence-corrected chi connectivity index (χ0v) is 10.6. The lowest BCUT2D eigenvalue weighted by Gasteiger charge is -2.17. The normalized spacial score (nSPS) is 16.4. The molecule has 1 aliphatic heterocycles. The van der Waals surface area contributed by atoms with E-state index in [1.165, 1.54) is 0 Å². The van der Waals surface area contributed by atoms with Crippen molar-refractivity contribution in [2.24, 2.45) is 5.73 Å². The van der Waals surface area contributed by atoms with Gasteiger partial charge in [0, 0.05) is 19.0 Å². The Morgan fingerprint density at radius 3 is 2.88 bits per heavy atom. The minimum absolute atomic E-state index is 0.0738. The van der Waals surface area contributed by atoms with E-state index in [9.17, 15) is 0 Å². The lowest BCUT2D eigenvalue weighted by Crippen LogP contribution is -2.24. The van der Waals surface area contributed by atoms with E-state index in [-0.39, 0.29) is 6.04 Å². The summed E-state index contributed by atoms with van der Waals surface area (Å²) in [7, 11) is 1.87. The van der Waals surface area contributed by atoms with Crippen molar-refractivity contribution in [3.8, 4) is 11.5 Å². The molecule has 0 radical (unpaired) electrons. The van der Waals surface area contributed by atoms with Crippen LogP contribution in [0.15, 0.2) is 12.1 Å². The molecular weight excluding hydrogens is 240 g/mol. The zero-order valence-electron chi connectivity index (χ0n) is 9.83. The molecule has 0 saturated carbocycles. The third-order valence-electron chi connectivity index (χ3n) is 2.81. The van der Waals surface area contributed by atoms with Crippen LogP contribution < -0.4 is 20.5 Å². The van der Waals surface area contributed by atoms with Crippen LogP contribution in [0.25, 0.3) is 0 Å². The average molecular weight is 257 g/mol. The Balaban J connectivity index is 2.38. The van der Waals surface area contributed by atoms with Gasteiger partial charge in [0.2, 0.25) is 0 Å². The molecule has 0 saturated heterocycles. The summed E-state index contributed by atoms with van der Waals surface area (Å²) in [5, 5.41) is 3.71. The van der Waals surface area contributed by atoms with Crippen LogP contribution in [0.4, 0.5) is 0 Å². The van der Waals surface area contributed by atoms with Crippen molar-refractivity contribution >= 4 is 11.6 Å². The van der Waals surface area contributed by atoms with Gasteiger partial charge in [0.25, 0.3) is 0 Å². The fourth-order valence-corrected chi connectivity index (χ4v) is 2.15. The highest BCUT2D eigenvalue weighted by Crippen LogP contribution is 2.39. The number of halogens is 1. The minimum Gasteiger partial charge on any atom is -0.489 e. The first-order valence-electron chi connectivity index (χ1n) is 5.72. The average Bonchev–Trinajstić information content (AvgIpc) is 2.56. The highest BCUT2D eigenvalue weighted by atomic mass is 35.5. The molecule has 1 aromatic carbocycles. The predicted octanol–water partition coefficient (Wildman–Crippen LogP) is 1.72. The van der Waals surface area contributed by atoms with Gasteiger partial charge >= 0.3 is 0 Å². The number of fused-ring (bicyclic) bond motifs is 1. The number of nitrogens with two attached hydrogens (primary N) is 1. The SMILES string of the molecule is CNC(CN)c1cc(Cl)c2c(c1)OCCCO2. The van der Waals surface area contributed by atoms with Crippen molar-refractivity contribution in [2.45, 2.75) is 12.5 Å². The maximum atomic E-state index is 6.20. The molecule has 3 N–H and O–H groups in total. The van der Waals surface area contributed by atoms with Crippen molar-refractivity contribution in [1.82, 2.24) is 5.32 Å². The number of benzene rings is 1. The Labute approximate surface area is 106 Å². The van der Waals surface area contributed by atoms with Gasteiger partial charge in [-0.3, -0.25) is 0 Å². The Morgan fingerprint density at radius 2 is 2.18 bits per heavy atom. The number of hydrogen-bond donors (Lipinski definition) is 2. The summed E-state index contributed by atoms with van der Waals surface area (Å²) in [6, 6.07) is 3.90. The number of hydrogen-bond acceptors (Lipinski definition) is 4. The molecule has 17 heavy (non-hydrogen) atoms. The van der Waals surface area contributed by atoms with E-state index in [0.29, 0.717) is 36.3 Å². The monoisotopic (exact) mass is 256 g/mol. The van der Waals surface area contributed by atoms with E-state index >= 15 is 0 Å². The first-order valence-corrected chi connectivity index (χ1v) is 6.10. The Bertz CT molecular complexity index is 394. The lowest BCUT2D eigenvalue weighted by atomic mass is 10.1. The van der Waals surface area contributed by atoms with Crippen molar-refractivity contribution < 1.29 is 9.47 Å². The van der Waals surface area contributed by atoms with E-state index in [0.717, 1.165) is 12.0 Å². The first kappa shape index (κ1) is 12.5. The Hall–Kier alpha value is -0.970.